The molecule has 0 aliphatic carbocycles. The molecule has 1 atom stereocenters. The maximum atomic E-state index is 11.0. The second-order valence-corrected chi connectivity index (χ2v) is 6.29. The molecular formula is C11H14BrNO2S. The molecule has 0 saturated carbocycles. The minimum Gasteiger partial charge on any atom is -0.480 e. The van der Waals surface area contributed by atoms with Crippen LogP contribution in [0.15, 0.2) is 10.5 Å². The quantitative estimate of drug-likeness (QED) is 0.933. The summed E-state index contributed by atoms with van der Waals surface area (Å²) in [6, 6.07) is 1.79. The highest BCUT2D eigenvalue weighted by Crippen LogP contribution is 2.30. The van der Waals surface area contributed by atoms with Crippen molar-refractivity contribution in [2.75, 3.05) is 6.54 Å². The minimum atomic E-state index is -0.693. The highest BCUT2D eigenvalue weighted by atomic mass is 79.9. The summed E-state index contributed by atoms with van der Waals surface area (Å²) in [7, 11) is 0. The van der Waals surface area contributed by atoms with E-state index in [0.29, 0.717) is 0 Å². The van der Waals surface area contributed by atoms with Gasteiger partial charge in [0.1, 0.15) is 6.04 Å². The third-order valence-electron chi connectivity index (χ3n) is 2.88. The molecule has 16 heavy (non-hydrogen) atoms. The molecule has 5 heteroatoms. The Labute approximate surface area is 107 Å². The number of likely N-dealkylation sites (tertiary alicyclic amines) is 1. The SMILES string of the molecule is Cc1cc(Br)c(CN2CCC[C@@H]2C(=O)O)s1. The number of aryl methyl sites for hydroxylation is 1. The lowest BCUT2D eigenvalue weighted by atomic mass is 10.2. The molecule has 1 aliphatic heterocycles. The van der Waals surface area contributed by atoms with Gasteiger partial charge >= 0.3 is 5.97 Å². The van der Waals surface area contributed by atoms with E-state index in [-0.39, 0.29) is 6.04 Å². The number of hydrogen-bond acceptors (Lipinski definition) is 3. The molecule has 0 spiro atoms. The number of halogens is 1. The van der Waals surface area contributed by atoms with Crippen LogP contribution in [-0.4, -0.2) is 28.6 Å². The van der Waals surface area contributed by atoms with Crippen LogP contribution < -0.4 is 0 Å². The topological polar surface area (TPSA) is 40.5 Å². The number of carboxylic acid groups (broad SMARTS) is 1. The summed E-state index contributed by atoms with van der Waals surface area (Å²) < 4.78 is 1.10. The number of aliphatic carboxylic acids is 1. The van der Waals surface area contributed by atoms with Crippen LogP contribution >= 0.6 is 27.3 Å². The molecule has 3 nitrogen and oxygen atoms in total. The molecule has 1 N–H and O–H groups in total. The van der Waals surface area contributed by atoms with Gasteiger partial charge in [0.05, 0.1) is 0 Å². The summed E-state index contributed by atoms with van der Waals surface area (Å²) in [5.74, 6) is -0.693. The third kappa shape index (κ3) is 2.47. The maximum absolute atomic E-state index is 11.0. The first kappa shape index (κ1) is 12.1. The van der Waals surface area contributed by atoms with E-state index in [0.717, 1.165) is 30.4 Å². The fourth-order valence-corrected chi connectivity index (χ4v) is 3.93. The molecule has 88 valence electrons. The van der Waals surface area contributed by atoms with Crippen molar-refractivity contribution in [3.8, 4) is 0 Å². The highest BCUT2D eigenvalue weighted by molar-refractivity contribution is 9.10. The second-order valence-electron chi connectivity index (χ2n) is 4.09. The largest absolute Gasteiger partial charge is 0.480 e. The van der Waals surface area contributed by atoms with E-state index in [1.165, 1.54) is 9.75 Å². The number of rotatable bonds is 3. The van der Waals surface area contributed by atoms with Gasteiger partial charge in [0.2, 0.25) is 0 Å². The van der Waals surface area contributed by atoms with Crippen molar-refractivity contribution in [1.29, 1.82) is 0 Å². The van der Waals surface area contributed by atoms with E-state index in [2.05, 4.69) is 33.8 Å². The molecule has 1 fully saturated rings. The van der Waals surface area contributed by atoms with Gasteiger partial charge in [-0.2, -0.15) is 0 Å². The van der Waals surface area contributed by atoms with Crippen LogP contribution in [0.25, 0.3) is 0 Å². The van der Waals surface area contributed by atoms with Gasteiger partial charge in [-0.25, -0.2) is 0 Å². The summed E-state index contributed by atoms with van der Waals surface area (Å²) in [5, 5.41) is 9.09. The lowest BCUT2D eigenvalue weighted by molar-refractivity contribution is -0.142. The average Bonchev–Trinajstić information content (AvgIpc) is 2.75. The van der Waals surface area contributed by atoms with Crippen LogP contribution in [0.2, 0.25) is 0 Å². The van der Waals surface area contributed by atoms with Crippen molar-refractivity contribution in [2.24, 2.45) is 0 Å². The van der Waals surface area contributed by atoms with Gasteiger partial charge in [0.25, 0.3) is 0 Å². The van der Waals surface area contributed by atoms with Crippen molar-refractivity contribution in [2.45, 2.75) is 32.4 Å². The summed E-state index contributed by atoms with van der Waals surface area (Å²) in [6.45, 7) is 3.70. The molecule has 2 rings (SSSR count). The molecule has 0 aromatic carbocycles. The predicted octanol–water partition coefficient (Wildman–Crippen LogP) is 2.87. The Bertz CT molecular complexity index is 405. The van der Waals surface area contributed by atoms with E-state index in [4.69, 9.17) is 5.11 Å². The first-order valence-corrected chi connectivity index (χ1v) is 6.90. The molecule has 0 radical (unpaired) electrons. The highest BCUT2D eigenvalue weighted by Gasteiger charge is 2.30. The number of carboxylic acids is 1. The normalized spacial score (nSPS) is 21.5. The van der Waals surface area contributed by atoms with Gasteiger partial charge < -0.3 is 5.11 Å². The Morgan fingerprint density at radius 1 is 1.75 bits per heavy atom. The summed E-state index contributed by atoms with van der Waals surface area (Å²) >= 11 is 5.25. The summed E-state index contributed by atoms with van der Waals surface area (Å²) in [4.78, 5) is 15.6. The zero-order valence-corrected chi connectivity index (χ0v) is 11.5. The molecule has 2 heterocycles. The van der Waals surface area contributed by atoms with Crippen molar-refractivity contribution in [3.05, 3.63) is 20.3 Å². The predicted molar refractivity (Wildman–Crippen MR) is 67.8 cm³/mol. The van der Waals surface area contributed by atoms with Crippen molar-refractivity contribution in [3.63, 3.8) is 0 Å². The molecule has 1 aliphatic rings. The van der Waals surface area contributed by atoms with Gasteiger partial charge in [0.15, 0.2) is 0 Å². The van der Waals surface area contributed by atoms with E-state index < -0.39 is 5.97 Å². The molecule has 0 unspecified atom stereocenters. The number of thiophene rings is 1. The molecular weight excluding hydrogens is 290 g/mol. The Balaban J connectivity index is 2.09. The number of hydrogen-bond donors (Lipinski definition) is 1. The van der Waals surface area contributed by atoms with Crippen molar-refractivity contribution < 1.29 is 9.90 Å². The van der Waals surface area contributed by atoms with Gasteiger partial charge in [-0.3, -0.25) is 9.69 Å². The summed E-state index contributed by atoms with van der Waals surface area (Å²) in [6.07, 6.45) is 1.76. The van der Waals surface area contributed by atoms with E-state index in [9.17, 15) is 4.79 Å². The Hall–Kier alpha value is -0.390. The molecule has 0 amide bonds. The smallest absolute Gasteiger partial charge is 0.320 e. The van der Waals surface area contributed by atoms with Crippen molar-refractivity contribution >= 4 is 33.2 Å². The van der Waals surface area contributed by atoms with Crippen LogP contribution in [0.4, 0.5) is 0 Å². The van der Waals surface area contributed by atoms with Crippen LogP contribution in [0.3, 0.4) is 0 Å². The van der Waals surface area contributed by atoms with Gasteiger partial charge in [-0.05, 0) is 48.3 Å². The molecule has 0 bridgehead atoms. The zero-order chi connectivity index (χ0) is 11.7. The fourth-order valence-electron chi connectivity index (χ4n) is 2.12. The zero-order valence-electron chi connectivity index (χ0n) is 9.07. The third-order valence-corrected chi connectivity index (χ3v) is 4.88. The average molecular weight is 304 g/mol. The second kappa shape index (κ2) is 4.85. The Kier molecular flexibility index (Phi) is 3.66. The Morgan fingerprint density at radius 3 is 3.06 bits per heavy atom. The lowest BCUT2D eigenvalue weighted by Crippen LogP contribution is -2.35. The molecule has 1 saturated heterocycles. The molecule has 1 aromatic rings. The number of nitrogens with zero attached hydrogens (tertiary/aromatic N) is 1. The first-order chi connectivity index (χ1) is 7.58. The van der Waals surface area contributed by atoms with Crippen LogP contribution in [0.5, 0.6) is 0 Å². The lowest BCUT2D eigenvalue weighted by Gasteiger charge is -2.20. The van der Waals surface area contributed by atoms with E-state index in [1.807, 2.05) is 0 Å². The van der Waals surface area contributed by atoms with E-state index >= 15 is 0 Å². The van der Waals surface area contributed by atoms with Crippen LogP contribution in [0, 0.1) is 6.92 Å². The van der Waals surface area contributed by atoms with E-state index in [1.54, 1.807) is 11.3 Å². The fraction of sp³-hybridized carbons (Fsp3) is 0.545. The minimum absolute atomic E-state index is 0.297. The van der Waals surface area contributed by atoms with Crippen molar-refractivity contribution in [1.82, 2.24) is 4.90 Å². The van der Waals surface area contributed by atoms with Crippen LogP contribution in [0.1, 0.15) is 22.6 Å². The number of carbonyl (C=O) groups is 1. The summed E-state index contributed by atoms with van der Waals surface area (Å²) in [5.41, 5.74) is 0. The molecule has 1 aromatic heterocycles. The standard InChI is InChI=1S/C11H14BrNO2S/c1-7-5-8(12)10(16-7)6-13-4-2-3-9(13)11(14)15/h5,9H,2-4,6H2,1H3,(H,14,15)/t9-/m1/s1. The van der Waals surface area contributed by atoms with Gasteiger partial charge in [0, 0.05) is 20.8 Å². The van der Waals surface area contributed by atoms with Gasteiger partial charge in [-0.15, -0.1) is 11.3 Å². The first-order valence-electron chi connectivity index (χ1n) is 5.29. The maximum Gasteiger partial charge on any atom is 0.320 e. The van der Waals surface area contributed by atoms with Gasteiger partial charge in [-0.1, -0.05) is 0 Å². The Morgan fingerprint density at radius 2 is 2.50 bits per heavy atom. The monoisotopic (exact) mass is 303 g/mol. The van der Waals surface area contributed by atoms with Crippen LogP contribution in [-0.2, 0) is 11.3 Å².